The maximum absolute atomic E-state index is 12.4. The smallest absolute Gasteiger partial charge is 0.274 e. The van der Waals surface area contributed by atoms with E-state index in [0.29, 0.717) is 24.0 Å². The molecule has 1 aliphatic heterocycles. The summed E-state index contributed by atoms with van der Waals surface area (Å²) in [5, 5.41) is 28.0. The van der Waals surface area contributed by atoms with Crippen molar-refractivity contribution < 1.29 is 13.6 Å². The van der Waals surface area contributed by atoms with Gasteiger partial charge in [-0.15, -0.1) is 10.2 Å². The highest BCUT2D eigenvalue weighted by molar-refractivity contribution is 5.97. The van der Waals surface area contributed by atoms with Gasteiger partial charge >= 0.3 is 0 Å². The number of hydrogen-bond acceptors (Lipinski definition) is 9. The number of halogens is 2. The van der Waals surface area contributed by atoms with Crippen LogP contribution in [-0.2, 0) is 0 Å². The molecule has 0 bridgehead atoms. The van der Waals surface area contributed by atoms with Crippen LogP contribution < -0.4 is 21.3 Å². The minimum Gasteiger partial charge on any atom is -0.383 e. The van der Waals surface area contributed by atoms with E-state index < -0.39 is 18.9 Å². The summed E-state index contributed by atoms with van der Waals surface area (Å²) in [4.78, 5) is 20.2. The van der Waals surface area contributed by atoms with E-state index in [-0.39, 0.29) is 17.2 Å². The number of alkyl halides is 2. The molecule has 1 fully saturated rings. The molecule has 0 radical (unpaired) electrons. The molecule has 29 heavy (non-hydrogen) atoms. The maximum atomic E-state index is 12.4. The number of hydrogen-bond donors (Lipinski definition) is 4. The summed E-state index contributed by atoms with van der Waals surface area (Å²) in [6.07, 6.45) is 0.989. The van der Waals surface area contributed by atoms with Gasteiger partial charge in [-0.05, 0) is 25.4 Å². The fourth-order valence-electron chi connectivity index (χ4n) is 2.73. The molecule has 1 amide bonds. The molecule has 4 N–H and O–H groups in total. The summed E-state index contributed by atoms with van der Waals surface area (Å²) in [5.74, 6) is 0.246. The zero-order chi connectivity index (χ0) is 20.6. The number of nitriles is 1. The molecular weight excluding hydrogens is 384 g/mol. The summed E-state index contributed by atoms with van der Waals surface area (Å²) in [7, 11) is 0. The highest BCUT2D eigenvalue weighted by atomic mass is 19.3. The first-order valence-corrected chi connectivity index (χ1v) is 8.93. The number of rotatable bonds is 8. The molecule has 0 spiro atoms. The van der Waals surface area contributed by atoms with E-state index >= 15 is 0 Å². The van der Waals surface area contributed by atoms with E-state index in [1.807, 2.05) is 6.07 Å². The summed E-state index contributed by atoms with van der Waals surface area (Å²) in [6.45, 7) is 1.59. The molecule has 3 rings (SSSR count). The van der Waals surface area contributed by atoms with Gasteiger partial charge in [0, 0.05) is 12.6 Å². The van der Waals surface area contributed by atoms with Gasteiger partial charge in [-0.25, -0.2) is 18.7 Å². The van der Waals surface area contributed by atoms with Crippen LogP contribution in [0.5, 0.6) is 0 Å². The van der Waals surface area contributed by atoms with Crippen LogP contribution in [0.15, 0.2) is 18.5 Å². The number of nitrogens with one attached hydrogen (secondary N) is 4. The van der Waals surface area contributed by atoms with E-state index in [1.54, 1.807) is 6.07 Å². The Bertz CT molecular complexity index is 879. The first kappa shape index (κ1) is 20.3. The van der Waals surface area contributed by atoms with Crippen molar-refractivity contribution in [2.24, 2.45) is 5.92 Å². The lowest BCUT2D eigenvalue weighted by atomic mass is 10.1. The van der Waals surface area contributed by atoms with Gasteiger partial charge in [0.1, 0.15) is 11.9 Å². The van der Waals surface area contributed by atoms with E-state index in [0.717, 1.165) is 19.5 Å². The normalized spacial score (nSPS) is 15.7. The van der Waals surface area contributed by atoms with Crippen LogP contribution in [0.2, 0.25) is 0 Å². The van der Waals surface area contributed by atoms with Crippen molar-refractivity contribution in [3.8, 4) is 6.07 Å². The first-order chi connectivity index (χ1) is 14.0. The van der Waals surface area contributed by atoms with E-state index in [1.165, 1.54) is 12.4 Å². The van der Waals surface area contributed by atoms with Crippen LogP contribution in [0.3, 0.4) is 0 Å². The van der Waals surface area contributed by atoms with Crippen LogP contribution >= 0.6 is 0 Å². The monoisotopic (exact) mass is 403 g/mol. The average molecular weight is 403 g/mol. The Morgan fingerprint density at radius 3 is 2.83 bits per heavy atom. The first-order valence-electron chi connectivity index (χ1n) is 8.93. The number of carbonyl (C=O) groups is 1. The van der Waals surface area contributed by atoms with E-state index in [4.69, 9.17) is 5.26 Å². The molecule has 1 atom stereocenters. The Balaban J connectivity index is 1.77. The molecule has 1 aliphatic rings. The van der Waals surface area contributed by atoms with Crippen molar-refractivity contribution in [3.05, 3.63) is 29.8 Å². The van der Waals surface area contributed by atoms with Crippen LogP contribution in [0.1, 0.15) is 22.6 Å². The third kappa shape index (κ3) is 5.76. The molecule has 0 saturated carbocycles. The second-order valence-corrected chi connectivity index (χ2v) is 6.36. The van der Waals surface area contributed by atoms with Gasteiger partial charge < -0.3 is 21.3 Å². The van der Waals surface area contributed by atoms with Crippen molar-refractivity contribution >= 4 is 23.2 Å². The Kier molecular flexibility index (Phi) is 6.75. The molecular formula is C17H19F2N9O. The molecule has 12 heteroatoms. The van der Waals surface area contributed by atoms with Crippen molar-refractivity contribution in [3.63, 3.8) is 0 Å². The maximum Gasteiger partial charge on any atom is 0.274 e. The highest BCUT2D eigenvalue weighted by Crippen LogP contribution is 2.20. The Hall–Kier alpha value is -3.46. The number of carbonyl (C=O) groups excluding carboxylic acids is 1. The van der Waals surface area contributed by atoms with Crippen LogP contribution in [0.25, 0.3) is 0 Å². The lowest BCUT2D eigenvalue weighted by molar-refractivity contribution is 0.0887. The van der Waals surface area contributed by atoms with Crippen LogP contribution in [0.4, 0.5) is 26.1 Å². The molecule has 3 heterocycles. The van der Waals surface area contributed by atoms with Gasteiger partial charge in [-0.1, -0.05) is 0 Å². The van der Waals surface area contributed by atoms with Gasteiger partial charge in [-0.2, -0.15) is 5.26 Å². The Morgan fingerprint density at radius 2 is 2.17 bits per heavy atom. The number of aromatic nitrogens is 4. The van der Waals surface area contributed by atoms with Gasteiger partial charge in [0.05, 0.1) is 24.6 Å². The predicted octanol–water partition coefficient (Wildman–Crippen LogP) is 0.898. The molecule has 152 valence electrons. The van der Waals surface area contributed by atoms with Crippen molar-refractivity contribution in [2.45, 2.75) is 12.8 Å². The second kappa shape index (κ2) is 9.65. The molecule has 2 aromatic rings. The molecule has 0 aromatic carbocycles. The second-order valence-electron chi connectivity index (χ2n) is 6.36. The summed E-state index contributed by atoms with van der Waals surface area (Å²) >= 11 is 0. The molecule has 1 unspecified atom stereocenters. The molecule has 10 nitrogen and oxygen atoms in total. The summed E-state index contributed by atoms with van der Waals surface area (Å²) < 4.78 is 24.8. The van der Waals surface area contributed by atoms with E-state index in [9.17, 15) is 13.6 Å². The SMILES string of the molecule is N#Cc1cnc(Nc2cc(NCC3CCNC3)c(C(=O)NCC(F)F)nn2)cn1. The lowest BCUT2D eigenvalue weighted by Crippen LogP contribution is -2.30. The fraction of sp³-hybridized carbons (Fsp3) is 0.412. The molecule has 1 saturated heterocycles. The minimum absolute atomic E-state index is 0.0759. The third-order valence-corrected chi connectivity index (χ3v) is 4.19. The van der Waals surface area contributed by atoms with Crippen molar-refractivity contribution in [1.29, 1.82) is 5.26 Å². The Labute approximate surface area is 165 Å². The average Bonchev–Trinajstić information content (AvgIpc) is 3.25. The summed E-state index contributed by atoms with van der Waals surface area (Å²) in [6, 6.07) is 3.42. The van der Waals surface area contributed by atoms with Crippen LogP contribution in [0, 0.1) is 17.2 Å². The predicted molar refractivity (Wildman–Crippen MR) is 99.9 cm³/mol. The highest BCUT2D eigenvalue weighted by Gasteiger charge is 2.19. The number of nitrogens with zero attached hydrogens (tertiary/aromatic N) is 5. The van der Waals surface area contributed by atoms with Crippen molar-refractivity contribution in [1.82, 2.24) is 30.8 Å². The van der Waals surface area contributed by atoms with Gasteiger partial charge in [0.15, 0.2) is 17.2 Å². The number of anilines is 3. The van der Waals surface area contributed by atoms with Gasteiger partial charge in [0.2, 0.25) is 0 Å². The van der Waals surface area contributed by atoms with Crippen molar-refractivity contribution in [2.75, 3.05) is 36.8 Å². The Morgan fingerprint density at radius 1 is 1.31 bits per heavy atom. The minimum atomic E-state index is -2.66. The van der Waals surface area contributed by atoms with Crippen LogP contribution in [-0.4, -0.2) is 58.7 Å². The molecule has 0 aliphatic carbocycles. The third-order valence-electron chi connectivity index (χ3n) is 4.19. The quantitative estimate of drug-likeness (QED) is 0.506. The van der Waals surface area contributed by atoms with E-state index in [2.05, 4.69) is 41.4 Å². The topological polar surface area (TPSA) is 141 Å². The lowest BCUT2D eigenvalue weighted by Gasteiger charge is -2.15. The zero-order valence-electron chi connectivity index (χ0n) is 15.3. The number of amides is 1. The van der Waals surface area contributed by atoms with Gasteiger partial charge in [0.25, 0.3) is 12.3 Å². The fourth-order valence-corrected chi connectivity index (χ4v) is 2.73. The standard InChI is InChI=1S/C17H19F2N9O/c18-13(19)8-25-17(29)16-12(23-6-10-1-2-21-5-10)3-14(27-28-16)26-15-9-22-11(4-20)7-24-15/h3,7,9-10,13,21H,1-2,5-6,8H2,(H,25,29)(H2,23,24,26,27). The largest absolute Gasteiger partial charge is 0.383 e. The zero-order valence-corrected chi connectivity index (χ0v) is 15.3. The van der Waals surface area contributed by atoms with Gasteiger partial charge in [-0.3, -0.25) is 4.79 Å². The molecule has 2 aromatic heterocycles. The summed E-state index contributed by atoms with van der Waals surface area (Å²) in [5.41, 5.74) is 0.455.